The Morgan fingerprint density at radius 3 is 1.62 bits per heavy atom. The Balaban J connectivity index is 1.03. The number of fused-ring (bicyclic) bond motifs is 6. The third-order valence-corrected chi connectivity index (χ3v) is 10.8. The minimum atomic E-state index is 0.531. The molecule has 0 aliphatic rings. The molecule has 0 fully saturated rings. The van der Waals surface area contributed by atoms with Gasteiger partial charge in [-0.1, -0.05) is 146 Å². The standard InChI is InChI=1S/C52H38N4/c53-47(37-14-4-1-5-15-37)34-48(38-16-6-2-7-17-38)54-35-36-24-28-42(29-25-36)56-49-22-12-10-20-43(49)45-30-26-40(33-52(45)56)39-27-31-51-46(32-39)44-21-11-13-23-50(44)55(51)41-18-8-3-9-19-41/h1-34H,35,53H2/b47-34-,54-48?. The van der Waals surface area contributed by atoms with Gasteiger partial charge in [-0.3, -0.25) is 4.99 Å². The maximum atomic E-state index is 6.56. The highest BCUT2D eigenvalue weighted by Crippen LogP contribution is 2.38. The predicted molar refractivity (Wildman–Crippen MR) is 236 cm³/mol. The van der Waals surface area contributed by atoms with Crippen LogP contribution in [0.5, 0.6) is 0 Å². The SMILES string of the molecule is N/C(=C\C(=NCc1ccc(-n2c3ccccc3c3ccc(-c4ccc5c(c4)c4ccccc4n5-c4ccccc4)cc32)cc1)c1ccccc1)c1ccccc1. The predicted octanol–water partition coefficient (Wildman–Crippen LogP) is 12.5. The molecule has 0 unspecified atom stereocenters. The summed E-state index contributed by atoms with van der Waals surface area (Å²) in [5.41, 5.74) is 20.7. The summed E-state index contributed by atoms with van der Waals surface area (Å²) in [6.07, 6.45) is 1.98. The quantitative estimate of drug-likeness (QED) is 0.156. The van der Waals surface area contributed by atoms with Crippen LogP contribution < -0.4 is 5.73 Å². The van der Waals surface area contributed by atoms with Gasteiger partial charge in [0.05, 0.1) is 34.3 Å². The molecule has 0 aliphatic heterocycles. The normalized spacial score (nSPS) is 12.3. The van der Waals surface area contributed by atoms with Crippen molar-refractivity contribution >= 4 is 55.0 Å². The van der Waals surface area contributed by atoms with Gasteiger partial charge in [-0.2, -0.15) is 0 Å². The minimum absolute atomic E-state index is 0.531. The van der Waals surface area contributed by atoms with Gasteiger partial charge in [0, 0.05) is 38.6 Å². The molecule has 10 aromatic rings. The van der Waals surface area contributed by atoms with Crippen molar-refractivity contribution in [2.45, 2.75) is 6.54 Å². The first-order valence-electron chi connectivity index (χ1n) is 19.0. The van der Waals surface area contributed by atoms with E-state index in [9.17, 15) is 0 Å². The maximum absolute atomic E-state index is 6.56. The van der Waals surface area contributed by atoms with Crippen molar-refractivity contribution in [1.82, 2.24) is 9.13 Å². The molecule has 56 heavy (non-hydrogen) atoms. The molecule has 266 valence electrons. The zero-order valence-corrected chi connectivity index (χ0v) is 30.8. The zero-order chi connectivity index (χ0) is 37.4. The molecule has 0 saturated heterocycles. The van der Waals surface area contributed by atoms with E-state index in [0.29, 0.717) is 12.2 Å². The van der Waals surface area contributed by atoms with Crippen molar-refractivity contribution in [3.05, 3.63) is 223 Å². The second kappa shape index (κ2) is 14.1. The summed E-state index contributed by atoms with van der Waals surface area (Å²) in [5.74, 6) is 0. The largest absolute Gasteiger partial charge is 0.398 e. The van der Waals surface area contributed by atoms with E-state index in [0.717, 1.165) is 33.8 Å². The summed E-state index contributed by atoms with van der Waals surface area (Å²) < 4.78 is 4.75. The van der Waals surface area contributed by atoms with Crippen LogP contribution >= 0.6 is 0 Å². The van der Waals surface area contributed by atoms with E-state index in [1.165, 1.54) is 54.7 Å². The first-order valence-corrected chi connectivity index (χ1v) is 19.0. The fraction of sp³-hybridized carbons (Fsp3) is 0.0192. The number of nitrogens with zero attached hydrogens (tertiary/aromatic N) is 3. The number of aliphatic imine (C=N–C) groups is 1. The van der Waals surface area contributed by atoms with Gasteiger partial charge in [-0.25, -0.2) is 0 Å². The van der Waals surface area contributed by atoms with Gasteiger partial charge in [0.15, 0.2) is 0 Å². The molecule has 0 bridgehead atoms. The van der Waals surface area contributed by atoms with E-state index >= 15 is 0 Å². The molecule has 4 nitrogen and oxygen atoms in total. The number of hydrogen-bond donors (Lipinski definition) is 1. The van der Waals surface area contributed by atoms with Crippen LogP contribution in [0.3, 0.4) is 0 Å². The molecule has 2 aromatic heterocycles. The molecule has 0 spiro atoms. The lowest BCUT2D eigenvalue weighted by atomic mass is 10.0. The van der Waals surface area contributed by atoms with Gasteiger partial charge in [-0.15, -0.1) is 0 Å². The van der Waals surface area contributed by atoms with Gasteiger partial charge in [0.2, 0.25) is 0 Å². The molecule has 0 radical (unpaired) electrons. The van der Waals surface area contributed by atoms with Gasteiger partial charge >= 0.3 is 0 Å². The summed E-state index contributed by atoms with van der Waals surface area (Å²) in [4.78, 5) is 5.08. The van der Waals surface area contributed by atoms with Crippen LogP contribution in [0.15, 0.2) is 211 Å². The van der Waals surface area contributed by atoms with Crippen LogP contribution in [-0.2, 0) is 6.54 Å². The number of nitrogens with two attached hydrogens (primary N) is 1. The molecule has 0 amide bonds. The summed E-state index contributed by atoms with van der Waals surface area (Å²) in [5, 5.41) is 4.96. The number of allylic oxidation sites excluding steroid dienone is 1. The summed E-state index contributed by atoms with van der Waals surface area (Å²) in [6.45, 7) is 0.531. The van der Waals surface area contributed by atoms with Crippen LogP contribution in [0, 0.1) is 0 Å². The molecule has 8 aromatic carbocycles. The van der Waals surface area contributed by atoms with Crippen LogP contribution in [0.25, 0.3) is 71.8 Å². The van der Waals surface area contributed by atoms with E-state index < -0.39 is 0 Å². The molecule has 0 atom stereocenters. The van der Waals surface area contributed by atoms with Crippen molar-refractivity contribution in [2.75, 3.05) is 0 Å². The Labute approximate surface area is 325 Å². The second-order valence-corrected chi connectivity index (χ2v) is 14.2. The first-order chi connectivity index (χ1) is 27.7. The Morgan fingerprint density at radius 1 is 0.429 bits per heavy atom. The second-order valence-electron chi connectivity index (χ2n) is 14.2. The lowest BCUT2D eigenvalue weighted by Crippen LogP contribution is -2.04. The average molecular weight is 719 g/mol. The lowest BCUT2D eigenvalue weighted by Gasteiger charge is -2.11. The number of para-hydroxylation sites is 3. The van der Waals surface area contributed by atoms with Crippen molar-refractivity contribution in [3.8, 4) is 22.5 Å². The summed E-state index contributed by atoms with van der Waals surface area (Å²) in [7, 11) is 0. The molecule has 10 rings (SSSR count). The Kier molecular flexibility index (Phi) is 8.34. The monoisotopic (exact) mass is 718 g/mol. The van der Waals surface area contributed by atoms with Crippen molar-refractivity contribution in [2.24, 2.45) is 10.7 Å². The number of benzene rings is 8. The molecular formula is C52H38N4. The van der Waals surface area contributed by atoms with Crippen LogP contribution in [0.4, 0.5) is 0 Å². The van der Waals surface area contributed by atoms with E-state index in [1.807, 2.05) is 54.6 Å². The van der Waals surface area contributed by atoms with Gasteiger partial charge in [-0.05, 0) is 88.5 Å². The van der Waals surface area contributed by atoms with Gasteiger partial charge in [0.25, 0.3) is 0 Å². The fourth-order valence-electron chi connectivity index (χ4n) is 8.05. The molecule has 2 N–H and O–H groups in total. The highest BCUT2D eigenvalue weighted by atomic mass is 15.0. The Hall–Kier alpha value is -7.43. The van der Waals surface area contributed by atoms with E-state index in [-0.39, 0.29) is 0 Å². The van der Waals surface area contributed by atoms with Crippen LogP contribution in [-0.4, -0.2) is 14.8 Å². The molecule has 0 saturated carbocycles. The van der Waals surface area contributed by atoms with Crippen molar-refractivity contribution < 1.29 is 0 Å². The third-order valence-electron chi connectivity index (χ3n) is 10.8. The molecule has 2 heterocycles. The van der Waals surface area contributed by atoms with Crippen LogP contribution in [0.1, 0.15) is 16.7 Å². The van der Waals surface area contributed by atoms with E-state index in [4.69, 9.17) is 10.7 Å². The number of rotatable bonds is 8. The molecular weight excluding hydrogens is 681 g/mol. The van der Waals surface area contributed by atoms with Gasteiger partial charge in [0.1, 0.15) is 0 Å². The van der Waals surface area contributed by atoms with Crippen molar-refractivity contribution in [3.63, 3.8) is 0 Å². The van der Waals surface area contributed by atoms with Gasteiger partial charge < -0.3 is 14.9 Å². The fourth-order valence-corrected chi connectivity index (χ4v) is 8.05. The third kappa shape index (κ3) is 5.94. The van der Waals surface area contributed by atoms with E-state index in [1.54, 1.807) is 0 Å². The van der Waals surface area contributed by atoms with Crippen LogP contribution in [0.2, 0.25) is 0 Å². The molecule has 4 heteroatoms. The Bertz CT molecular complexity index is 3080. The summed E-state index contributed by atoms with van der Waals surface area (Å²) in [6, 6.07) is 70.9. The maximum Gasteiger partial charge on any atom is 0.0671 e. The number of hydrogen-bond acceptors (Lipinski definition) is 2. The van der Waals surface area contributed by atoms with E-state index in [2.05, 4.69) is 161 Å². The Morgan fingerprint density at radius 2 is 0.929 bits per heavy atom. The molecule has 0 aliphatic carbocycles. The zero-order valence-electron chi connectivity index (χ0n) is 30.8. The lowest BCUT2D eigenvalue weighted by molar-refractivity contribution is 1.06. The smallest absolute Gasteiger partial charge is 0.0671 e. The summed E-state index contributed by atoms with van der Waals surface area (Å²) >= 11 is 0. The minimum Gasteiger partial charge on any atom is -0.398 e. The average Bonchev–Trinajstić information content (AvgIpc) is 3.78. The van der Waals surface area contributed by atoms with Crippen molar-refractivity contribution in [1.29, 1.82) is 0 Å². The number of aromatic nitrogens is 2. The highest BCUT2D eigenvalue weighted by Gasteiger charge is 2.16. The highest BCUT2D eigenvalue weighted by molar-refractivity contribution is 6.13. The first kappa shape index (κ1) is 33.2. The topological polar surface area (TPSA) is 48.2 Å².